The quantitative estimate of drug-likeness (QED) is 0.378. The second-order valence-corrected chi connectivity index (χ2v) is 10.0. The maximum atomic E-state index is 15.6. The summed E-state index contributed by atoms with van der Waals surface area (Å²) in [5.74, 6) is -0.562. The molecule has 1 aromatic carbocycles. The van der Waals surface area contributed by atoms with Crippen LogP contribution in [0, 0.1) is 11.7 Å². The maximum absolute atomic E-state index is 15.6. The molecule has 1 aliphatic heterocycles. The number of carbonyl (C=O) groups excluding carboxylic acids is 1. The van der Waals surface area contributed by atoms with Gasteiger partial charge < -0.3 is 21.1 Å². The largest absolute Gasteiger partial charge is 0.391 e. The number of hydrogen-bond donors (Lipinski definition) is 3. The molecule has 0 spiro atoms. The first kappa shape index (κ1) is 25.1. The highest BCUT2D eigenvalue weighted by Crippen LogP contribution is 2.35. The molecule has 2 aromatic heterocycles. The molecule has 2 aliphatic rings. The van der Waals surface area contributed by atoms with Gasteiger partial charge in [0.2, 0.25) is 11.7 Å². The van der Waals surface area contributed by atoms with Gasteiger partial charge in [-0.15, -0.1) is 0 Å². The third-order valence-corrected chi connectivity index (χ3v) is 7.09. The summed E-state index contributed by atoms with van der Waals surface area (Å²) in [5.41, 5.74) is 8.46. The molecule has 37 heavy (non-hydrogen) atoms. The molecule has 0 radical (unpaired) electrons. The summed E-state index contributed by atoms with van der Waals surface area (Å²) in [6.07, 6.45) is 7.21. The summed E-state index contributed by atoms with van der Waals surface area (Å²) < 4.78 is 17.4. The molecule has 3 aromatic rings. The van der Waals surface area contributed by atoms with E-state index >= 15 is 4.39 Å². The van der Waals surface area contributed by atoms with Gasteiger partial charge in [-0.1, -0.05) is 24.3 Å². The van der Waals surface area contributed by atoms with Crippen molar-refractivity contribution in [1.82, 2.24) is 24.6 Å². The number of piperidine rings is 1. The topological polar surface area (TPSA) is 125 Å². The Kier molecular flexibility index (Phi) is 7.33. The number of primary amides is 1. The minimum absolute atomic E-state index is 0.0835. The Labute approximate surface area is 215 Å². The predicted octanol–water partition coefficient (Wildman–Crippen LogP) is 1.77. The summed E-state index contributed by atoms with van der Waals surface area (Å²) in [4.78, 5) is 23.4. The van der Waals surface area contributed by atoms with Gasteiger partial charge >= 0.3 is 0 Å². The molecule has 1 saturated carbocycles. The Morgan fingerprint density at radius 1 is 1.22 bits per heavy atom. The number of nitrogens with one attached hydrogen (secondary N) is 1. The lowest BCUT2D eigenvalue weighted by atomic mass is 9.93. The van der Waals surface area contributed by atoms with Crippen molar-refractivity contribution in [2.45, 2.75) is 38.0 Å². The normalized spacial score (nSPS) is 20.1. The molecule has 2 atom stereocenters. The third kappa shape index (κ3) is 6.05. The molecule has 4 N–H and O–H groups in total. The van der Waals surface area contributed by atoms with E-state index in [0.717, 1.165) is 29.5 Å². The number of likely N-dealkylation sites (tertiary alicyclic amines) is 1. The van der Waals surface area contributed by atoms with E-state index in [4.69, 9.17) is 5.73 Å². The average molecular weight is 509 g/mol. The number of nitrogens with zero attached hydrogens (tertiary/aromatic N) is 6. The van der Waals surface area contributed by atoms with Crippen LogP contribution in [0.1, 0.15) is 24.8 Å². The van der Waals surface area contributed by atoms with Gasteiger partial charge in [0.1, 0.15) is 6.33 Å². The minimum atomic E-state index is -0.637. The molecule has 1 saturated heterocycles. The highest BCUT2D eigenvalue weighted by atomic mass is 19.1. The first-order valence-corrected chi connectivity index (χ1v) is 12.6. The van der Waals surface area contributed by atoms with E-state index in [1.807, 2.05) is 29.2 Å². The number of halogens is 1. The van der Waals surface area contributed by atoms with Gasteiger partial charge in [0.05, 0.1) is 18.8 Å². The molecule has 2 fully saturated rings. The standard InChI is InChI=1S/C26H33FN8O2/c1-33-13-20(11-32-33)18-4-2-17(3-5-18)12-35(21-6-7-21)26-24(27)25(30-16-31-26)29-10-19-8-9-34(14-22(19)36)15-23(28)37/h2-5,11,13,16,19,21-22,36H,6-10,12,14-15H2,1H3,(H2,28,37)(H,29,30,31)/t19?,22-/m0/s1. The van der Waals surface area contributed by atoms with E-state index in [9.17, 15) is 9.90 Å². The number of rotatable bonds is 10. The summed E-state index contributed by atoms with van der Waals surface area (Å²) in [5, 5.41) is 17.8. The van der Waals surface area contributed by atoms with Crippen LogP contribution in [0.5, 0.6) is 0 Å². The number of amides is 1. The van der Waals surface area contributed by atoms with Crippen molar-refractivity contribution in [2.24, 2.45) is 18.7 Å². The lowest BCUT2D eigenvalue weighted by Gasteiger charge is -2.35. The number of aliphatic hydroxyl groups is 1. The van der Waals surface area contributed by atoms with Crippen molar-refractivity contribution in [3.05, 3.63) is 54.4 Å². The van der Waals surface area contributed by atoms with E-state index in [1.165, 1.54) is 6.33 Å². The number of β-amino-alcohol motifs (C(OH)–C–C–N with tert-alkyl or cyclic N) is 1. The SMILES string of the molecule is Cn1cc(-c2ccc(CN(c3ncnc(NCC4CCN(CC(N)=O)C[C@@H]4O)c3F)C3CC3)cc2)cn1. The predicted molar refractivity (Wildman–Crippen MR) is 138 cm³/mol. The number of aryl methyl sites for hydroxylation is 1. The number of anilines is 2. The first-order chi connectivity index (χ1) is 17.9. The number of nitrogens with two attached hydrogens (primary N) is 1. The van der Waals surface area contributed by atoms with E-state index in [-0.39, 0.29) is 30.1 Å². The van der Waals surface area contributed by atoms with Gasteiger partial charge in [0.15, 0.2) is 11.6 Å². The van der Waals surface area contributed by atoms with Crippen LogP contribution in [0.4, 0.5) is 16.0 Å². The summed E-state index contributed by atoms with van der Waals surface area (Å²) in [6.45, 7) is 2.06. The van der Waals surface area contributed by atoms with Crippen LogP contribution in [-0.2, 0) is 18.4 Å². The molecule has 1 amide bonds. The number of benzene rings is 1. The molecule has 11 heteroatoms. The Bertz CT molecular complexity index is 1230. The van der Waals surface area contributed by atoms with Crippen LogP contribution >= 0.6 is 0 Å². The molecular weight excluding hydrogens is 475 g/mol. The molecule has 3 heterocycles. The van der Waals surface area contributed by atoms with Crippen LogP contribution < -0.4 is 16.0 Å². The molecule has 0 bridgehead atoms. The van der Waals surface area contributed by atoms with Crippen molar-refractivity contribution < 1.29 is 14.3 Å². The van der Waals surface area contributed by atoms with Crippen LogP contribution in [0.15, 0.2) is 43.0 Å². The molecule has 1 unspecified atom stereocenters. The summed E-state index contributed by atoms with van der Waals surface area (Å²) in [7, 11) is 1.89. The zero-order valence-electron chi connectivity index (χ0n) is 20.9. The summed E-state index contributed by atoms with van der Waals surface area (Å²) >= 11 is 0. The zero-order valence-corrected chi connectivity index (χ0v) is 20.9. The second kappa shape index (κ2) is 10.8. The Hall–Kier alpha value is -3.57. The maximum Gasteiger partial charge on any atom is 0.231 e. The van der Waals surface area contributed by atoms with Gasteiger partial charge in [-0.2, -0.15) is 9.49 Å². The van der Waals surface area contributed by atoms with E-state index in [0.29, 0.717) is 32.6 Å². The Morgan fingerprint density at radius 2 is 2.00 bits per heavy atom. The van der Waals surface area contributed by atoms with Crippen molar-refractivity contribution in [2.75, 3.05) is 36.4 Å². The van der Waals surface area contributed by atoms with Gasteiger partial charge in [-0.25, -0.2) is 9.97 Å². The first-order valence-electron chi connectivity index (χ1n) is 12.6. The molecular formula is C26H33FN8O2. The number of aliphatic hydroxyl groups excluding tert-OH is 1. The number of hydrogen-bond acceptors (Lipinski definition) is 8. The lowest BCUT2D eigenvalue weighted by Crippen LogP contribution is -2.48. The molecule has 10 nitrogen and oxygen atoms in total. The fourth-order valence-electron chi connectivity index (χ4n) is 4.89. The van der Waals surface area contributed by atoms with Crippen molar-refractivity contribution in [3.63, 3.8) is 0 Å². The highest BCUT2D eigenvalue weighted by molar-refractivity contribution is 5.75. The number of carbonyl (C=O) groups is 1. The van der Waals surface area contributed by atoms with Crippen LogP contribution in [0.25, 0.3) is 11.1 Å². The third-order valence-electron chi connectivity index (χ3n) is 7.09. The van der Waals surface area contributed by atoms with Gasteiger partial charge in [0, 0.05) is 50.4 Å². The molecule has 196 valence electrons. The van der Waals surface area contributed by atoms with Crippen molar-refractivity contribution in [3.8, 4) is 11.1 Å². The van der Waals surface area contributed by atoms with Crippen LogP contribution in [0.2, 0.25) is 0 Å². The monoisotopic (exact) mass is 508 g/mol. The van der Waals surface area contributed by atoms with Gasteiger partial charge in [-0.3, -0.25) is 14.4 Å². The Morgan fingerprint density at radius 3 is 2.65 bits per heavy atom. The summed E-state index contributed by atoms with van der Waals surface area (Å²) in [6, 6.07) is 8.47. The van der Waals surface area contributed by atoms with Crippen LogP contribution in [-0.4, -0.2) is 74.0 Å². The molecule has 1 aliphatic carbocycles. The highest BCUT2D eigenvalue weighted by Gasteiger charge is 2.33. The van der Waals surface area contributed by atoms with Crippen molar-refractivity contribution in [1.29, 1.82) is 0 Å². The fourth-order valence-corrected chi connectivity index (χ4v) is 4.89. The minimum Gasteiger partial charge on any atom is -0.391 e. The van der Waals surface area contributed by atoms with Gasteiger partial charge in [-0.05, 0) is 36.9 Å². The number of aromatic nitrogens is 4. The lowest BCUT2D eigenvalue weighted by molar-refractivity contribution is -0.120. The van der Waals surface area contributed by atoms with E-state index in [2.05, 4.69) is 44.6 Å². The Balaban J connectivity index is 1.25. The van der Waals surface area contributed by atoms with Crippen LogP contribution in [0.3, 0.4) is 0 Å². The fraction of sp³-hybridized carbons (Fsp3) is 0.462. The van der Waals surface area contributed by atoms with E-state index < -0.39 is 17.8 Å². The van der Waals surface area contributed by atoms with Crippen molar-refractivity contribution >= 4 is 17.5 Å². The van der Waals surface area contributed by atoms with E-state index in [1.54, 1.807) is 4.68 Å². The second-order valence-electron chi connectivity index (χ2n) is 10.0. The smallest absolute Gasteiger partial charge is 0.231 e. The zero-order chi connectivity index (χ0) is 25.9. The molecule has 5 rings (SSSR count). The van der Waals surface area contributed by atoms with Gasteiger partial charge in [0.25, 0.3) is 0 Å². The average Bonchev–Trinajstić information content (AvgIpc) is 3.63.